The van der Waals surface area contributed by atoms with Gasteiger partial charge in [-0.15, -0.1) is 0 Å². The zero-order valence-corrected chi connectivity index (χ0v) is 47.4. The second-order valence-electron chi connectivity index (χ2n) is 20.3. The zero-order valence-electron chi connectivity index (χ0n) is 46.6. The van der Waals surface area contributed by atoms with Crippen molar-refractivity contribution in [1.82, 2.24) is 36.1 Å². The highest BCUT2D eigenvalue weighted by molar-refractivity contribution is 6.31. The summed E-state index contributed by atoms with van der Waals surface area (Å²) in [5.74, 6) is -1.87. The fraction of sp³-hybridized carbons (Fsp3) is 0.547. The normalized spacial score (nSPS) is 12.6. The Morgan fingerprint density at radius 2 is 1.11 bits per heavy atom. The van der Waals surface area contributed by atoms with E-state index in [4.69, 9.17) is 67.9 Å². The van der Waals surface area contributed by atoms with Gasteiger partial charge < -0.3 is 82.5 Å². The maximum Gasteiger partial charge on any atom is 0.408 e. The van der Waals surface area contributed by atoms with Crippen LogP contribution in [0.2, 0.25) is 5.15 Å². The Hall–Kier alpha value is -7.55. The second-order valence-corrected chi connectivity index (χ2v) is 20.6. The lowest BCUT2D eigenvalue weighted by Crippen LogP contribution is -2.47. The molecule has 0 unspecified atom stereocenters. The summed E-state index contributed by atoms with van der Waals surface area (Å²) < 4.78 is 5.51. The minimum absolute atomic E-state index is 0.0346. The van der Waals surface area contributed by atoms with Gasteiger partial charge in [0.1, 0.15) is 11.6 Å². The van der Waals surface area contributed by atoms with Crippen LogP contribution in [-0.4, -0.2) is 139 Å². The lowest BCUT2D eigenvalue weighted by molar-refractivity contribution is -0.123. The van der Waals surface area contributed by atoms with E-state index in [9.17, 15) is 24.0 Å². The van der Waals surface area contributed by atoms with Crippen LogP contribution in [0.25, 0.3) is 0 Å². The summed E-state index contributed by atoms with van der Waals surface area (Å²) in [5, 5.41) is 13.9. The smallest absolute Gasteiger partial charge is 0.408 e. The molecular weight excluding hydrogens is 1050 g/mol. The summed E-state index contributed by atoms with van der Waals surface area (Å²) in [6.07, 6.45) is 8.55. The minimum atomic E-state index is -0.957. The highest BCUT2D eigenvalue weighted by Crippen LogP contribution is 2.18. The number of nitrogen functional groups attached to an aromatic ring is 2. The lowest BCUT2D eigenvalue weighted by atomic mass is 10.0. The molecule has 5 amide bonds. The number of anilines is 3. The Morgan fingerprint density at radius 1 is 0.625 bits per heavy atom. The highest BCUT2D eigenvalue weighted by Gasteiger charge is 2.25. The van der Waals surface area contributed by atoms with Crippen LogP contribution in [0.15, 0.2) is 63.5 Å². The molecule has 0 spiro atoms. The number of nitrogens with one attached hydrogen (secondary N) is 5. The van der Waals surface area contributed by atoms with Gasteiger partial charge in [0.05, 0.1) is 12.1 Å². The van der Waals surface area contributed by atoms with E-state index in [0.717, 1.165) is 61.8 Å². The molecule has 2 aromatic carbocycles. The molecule has 3 rings (SSSR count). The van der Waals surface area contributed by atoms with Gasteiger partial charge in [0.25, 0.3) is 5.91 Å². The van der Waals surface area contributed by atoms with E-state index in [2.05, 4.69) is 56.4 Å². The third kappa shape index (κ3) is 28.4. The Bertz CT molecular complexity index is 2450. The number of alkyl carbamates (subject to hydrolysis) is 1. The molecule has 0 bridgehead atoms. The number of carbonyl (C=O) groups is 5. The fourth-order valence-electron chi connectivity index (χ4n) is 7.95. The first-order valence-electron chi connectivity index (χ1n) is 27.1. The van der Waals surface area contributed by atoms with E-state index in [-0.39, 0.29) is 58.6 Å². The van der Waals surface area contributed by atoms with Crippen molar-refractivity contribution in [2.75, 3.05) is 69.1 Å². The number of nitrogens with zero attached hydrogens (tertiary/aromatic N) is 6. The fourth-order valence-corrected chi connectivity index (χ4v) is 8.08. The van der Waals surface area contributed by atoms with Crippen LogP contribution < -0.4 is 78.2 Å². The van der Waals surface area contributed by atoms with Crippen molar-refractivity contribution in [3.63, 3.8) is 0 Å². The predicted molar refractivity (Wildman–Crippen MR) is 316 cm³/mol. The van der Waals surface area contributed by atoms with E-state index in [1.807, 2.05) is 48.5 Å². The van der Waals surface area contributed by atoms with Crippen molar-refractivity contribution >= 4 is 76.5 Å². The molecule has 1 heterocycles. The molecule has 442 valence electrons. The predicted octanol–water partition coefficient (Wildman–Crippen LogP) is 1.23. The topological polar surface area (TPSA) is 455 Å². The molecule has 0 saturated carbocycles. The first-order valence-corrected chi connectivity index (χ1v) is 27.4. The average molecular weight is 1140 g/mol. The molecule has 0 saturated heterocycles. The van der Waals surface area contributed by atoms with E-state index in [0.29, 0.717) is 96.4 Å². The quantitative estimate of drug-likeness (QED) is 0.0224. The number of aryl methyl sites for hydroxylation is 2. The highest BCUT2D eigenvalue weighted by atomic mass is 35.5. The van der Waals surface area contributed by atoms with Crippen LogP contribution in [0.4, 0.5) is 22.1 Å². The number of benzene rings is 2. The summed E-state index contributed by atoms with van der Waals surface area (Å²) in [4.78, 5) is 86.8. The summed E-state index contributed by atoms with van der Waals surface area (Å²) in [6.45, 7) is 9.66. The number of aliphatic imine (C=N–C) groups is 3. The van der Waals surface area contributed by atoms with Crippen molar-refractivity contribution in [2.45, 2.75) is 134 Å². The van der Waals surface area contributed by atoms with E-state index in [1.165, 1.54) is 0 Å². The Labute approximate surface area is 474 Å². The van der Waals surface area contributed by atoms with E-state index >= 15 is 0 Å². The van der Waals surface area contributed by atoms with Crippen molar-refractivity contribution in [1.29, 1.82) is 0 Å². The number of ether oxygens (including phenoxy) is 1. The molecule has 0 aliphatic carbocycles. The first kappa shape index (κ1) is 66.7. The molecule has 80 heavy (non-hydrogen) atoms. The van der Waals surface area contributed by atoms with Gasteiger partial charge in [0, 0.05) is 44.8 Å². The summed E-state index contributed by atoms with van der Waals surface area (Å²) >= 11 is 5.87. The van der Waals surface area contributed by atoms with Crippen molar-refractivity contribution in [3.8, 4) is 0 Å². The van der Waals surface area contributed by atoms with Crippen molar-refractivity contribution < 1.29 is 28.7 Å². The number of hydrogen-bond donors (Lipinski definition) is 14. The standard InChI is InChI=1S/C53H87ClN20O6/c1-53(2,3)80-52(79)70-40(33-36-19-17-34(18-20-36)13-4-7-27-68-51(63)73-48(78)41-43(57)72-44(58)42(54)71-41)47(77)69-37-23-21-35(22-24-37)14-10-30-74(31-11-28-64-45(75)38(55)15-5-8-25-66-49(59)60)32-12-29-65-46(76)39(56)16-6-9-26-67-50(61)62/h17-24,38-40H,4-16,25-33,55-56H2,1-3H3,(H,64,75)(H,65,76)(H,69,77)(H,70,79)(H4,57,58,72)(H4,59,60,66)(H4,61,62,67)(H3,63,68,73,78)/t38-,39-,40-/m0/s1. The number of rotatable bonds is 35. The SMILES string of the molecule is CC(C)(C)OC(=O)N[C@@H](Cc1ccc(CCCCN=C(N)NC(=O)c2nc(Cl)c(N)nc2N)cc1)C(=O)Nc1ccc(CCCN(CCCNC(=O)[C@@H](N)CCCCN=C(N)N)CCCNC(=O)[C@@H](N)CCCCN=C(N)N)cc1. The molecule has 1 aromatic heterocycles. The number of carbonyl (C=O) groups excluding carboxylic acids is 5. The molecule has 3 aromatic rings. The monoisotopic (exact) mass is 1130 g/mol. The van der Waals surface area contributed by atoms with Crippen LogP contribution in [0, 0.1) is 0 Å². The average Bonchev–Trinajstić information content (AvgIpc) is 3.39. The van der Waals surface area contributed by atoms with Gasteiger partial charge in [-0.2, -0.15) is 0 Å². The Kier molecular flexibility index (Phi) is 29.9. The summed E-state index contributed by atoms with van der Waals surface area (Å²) in [7, 11) is 0. The van der Waals surface area contributed by atoms with Crippen LogP contribution in [0.1, 0.15) is 119 Å². The van der Waals surface area contributed by atoms with Crippen LogP contribution in [0.5, 0.6) is 0 Å². The number of nitrogens with two attached hydrogens (primary N) is 9. The van der Waals surface area contributed by atoms with Crippen LogP contribution in [0.3, 0.4) is 0 Å². The maximum atomic E-state index is 13.8. The number of amides is 5. The molecule has 23 N–H and O–H groups in total. The molecular formula is C53H87ClN20O6. The van der Waals surface area contributed by atoms with Gasteiger partial charge >= 0.3 is 6.09 Å². The lowest BCUT2D eigenvalue weighted by Gasteiger charge is -2.23. The number of unbranched alkanes of at least 4 members (excludes halogenated alkanes) is 3. The molecule has 0 radical (unpaired) electrons. The Morgan fingerprint density at radius 3 is 1.65 bits per heavy atom. The van der Waals surface area contributed by atoms with Gasteiger partial charge in [-0.05, 0) is 153 Å². The molecule has 3 atom stereocenters. The van der Waals surface area contributed by atoms with Crippen LogP contribution >= 0.6 is 11.6 Å². The number of hydrogen-bond acceptors (Lipinski definition) is 16. The van der Waals surface area contributed by atoms with E-state index in [1.54, 1.807) is 20.8 Å². The van der Waals surface area contributed by atoms with Crippen molar-refractivity contribution in [2.24, 2.45) is 55.1 Å². The maximum absolute atomic E-state index is 13.8. The summed E-state index contributed by atoms with van der Waals surface area (Å²) in [6, 6.07) is 13.1. The molecule has 0 aliphatic heterocycles. The third-order valence-electron chi connectivity index (χ3n) is 12.2. The number of guanidine groups is 3. The third-order valence-corrected chi connectivity index (χ3v) is 12.4. The molecule has 0 fully saturated rings. The number of halogens is 1. The van der Waals surface area contributed by atoms with Crippen molar-refractivity contribution in [3.05, 3.63) is 76.1 Å². The van der Waals surface area contributed by atoms with Gasteiger partial charge in [-0.1, -0.05) is 48.0 Å². The minimum Gasteiger partial charge on any atom is -0.444 e. The zero-order chi connectivity index (χ0) is 59.0. The Balaban J connectivity index is 1.54. The summed E-state index contributed by atoms with van der Waals surface area (Å²) in [5.41, 5.74) is 53.5. The van der Waals surface area contributed by atoms with Gasteiger partial charge in [-0.3, -0.25) is 39.5 Å². The van der Waals surface area contributed by atoms with Gasteiger partial charge in [0.15, 0.2) is 40.4 Å². The van der Waals surface area contributed by atoms with Gasteiger partial charge in [-0.25, -0.2) is 14.8 Å². The van der Waals surface area contributed by atoms with E-state index < -0.39 is 41.6 Å². The molecule has 27 heteroatoms. The first-order chi connectivity index (χ1) is 38.0. The molecule has 0 aliphatic rings. The number of aromatic nitrogens is 2. The molecule has 26 nitrogen and oxygen atoms in total. The van der Waals surface area contributed by atoms with Gasteiger partial charge in [0.2, 0.25) is 17.7 Å². The van der Waals surface area contributed by atoms with Crippen LogP contribution in [-0.2, 0) is 38.4 Å². The largest absolute Gasteiger partial charge is 0.444 e. The second kappa shape index (κ2) is 35.9.